The van der Waals surface area contributed by atoms with Crippen LogP contribution in [0.4, 0.5) is 0 Å². The number of rotatable bonds is 10. The third-order valence-electron chi connectivity index (χ3n) is 11.1. The lowest BCUT2D eigenvalue weighted by Gasteiger charge is -2.51. The first-order valence-corrected chi connectivity index (χ1v) is 16.0. The molecular formula is C34H40N2O8. The van der Waals surface area contributed by atoms with Crippen LogP contribution in [0.5, 0.6) is 0 Å². The molecule has 2 aromatic carbocycles. The van der Waals surface area contributed by atoms with Crippen LogP contribution in [0, 0.1) is 5.21 Å². The van der Waals surface area contributed by atoms with Gasteiger partial charge >= 0.3 is 11.9 Å². The van der Waals surface area contributed by atoms with Crippen molar-refractivity contribution in [2.24, 2.45) is 0 Å². The molecule has 6 aliphatic rings. The van der Waals surface area contributed by atoms with Crippen LogP contribution in [-0.2, 0) is 33.3 Å². The van der Waals surface area contributed by atoms with Gasteiger partial charge in [-0.2, -0.15) is 0 Å². The number of hydrogen-bond donors (Lipinski definition) is 0. The average molecular weight is 605 g/mol. The molecule has 10 nitrogen and oxygen atoms in total. The second-order valence-corrected chi connectivity index (χ2v) is 13.6. The van der Waals surface area contributed by atoms with Crippen molar-refractivity contribution < 1.29 is 37.9 Å². The Balaban J connectivity index is 0.931. The molecule has 0 radical (unpaired) electrons. The van der Waals surface area contributed by atoms with E-state index in [0.29, 0.717) is 24.9 Å². The first-order chi connectivity index (χ1) is 21.3. The molecule has 10 heteroatoms. The number of esters is 2. The first kappa shape index (κ1) is 28.6. The Hall–Kier alpha value is -2.86. The van der Waals surface area contributed by atoms with Crippen molar-refractivity contribution in [1.29, 1.82) is 0 Å². The monoisotopic (exact) mass is 604 g/mol. The smallest absolute Gasteiger partial charge is 0.316 e. The van der Waals surface area contributed by atoms with Crippen LogP contribution in [-0.4, -0.2) is 110 Å². The number of piperidine rings is 2. The van der Waals surface area contributed by atoms with E-state index in [1.165, 1.54) is 0 Å². The minimum Gasteiger partial charge on any atom is -0.632 e. The highest BCUT2D eigenvalue weighted by Crippen LogP contribution is 2.52. The molecule has 0 spiro atoms. The van der Waals surface area contributed by atoms with Crippen LogP contribution < -0.4 is 0 Å². The fourth-order valence-electron chi connectivity index (χ4n) is 8.57. The molecule has 2 aromatic rings. The normalized spacial score (nSPS) is 40.8. The van der Waals surface area contributed by atoms with Crippen molar-refractivity contribution in [2.75, 3.05) is 27.3 Å². The van der Waals surface area contributed by atoms with Gasteiger partial charge in [-0.05, 0) is 18.2 Å². The highest BCUT2D eigenvalue weighted by atomic mass is 16.6. The van der Waals surface area contributed by atoms with E-state index in [2.05, 4.69) is 11.9 Å². The summed E-state index contributed by atoms with van der Waals surface area (Å²) in [6.07, 6.45) is 2.56. The third-order valence-corrected chi connectivity index (χ3v) is 11.1. The number of morpholine rings is 2. The second-order valence-electron chi connectivity index (χ2n) is 13.6. The standard InChI is InChI=1S/C34H40N2O8/c1-35-25-13-21(14-26(35)30-29(25)43-30)41-33(37)23(19-9-5-3-6-10-19)17-40-18-24(20-11-7-4-8-12-20)34(38)42-22-15-27-31-32(44-31)28(16-22)36(27,2)39/h3-12,21-32H,13-18H2,1-2H3/t21?,22?,23-,24-,25-,26+,27-,28+,29-,30+,31-,32+,36?/m1/s1. The number of hydrogen-bond acceptors (Lipinski definition) is 9. The van der Waals surface area contributed by atoms with E-state index in [-0.39, 0.29) is 78.5 Å². The fraction of sp³-hybridized carbons (Fsp3) is 0.588. The molecule has 0 saturated carbocycles. The van der Waals surface area contributed by atoms with E-state index in [1.54, 1.807) is 7.05 Å². The summed E-state index contributed by atoms with van der Waals surface area (Å²) in [5.74, 6) is -1.98. The summed E-state index contributed by atoms with van der Waals surface area (Å²) in [4.78, 5) is 29.7. The summed E-state index contributed by atoms with van der Waals surface area (Å²) in [6.45, 7) is 0.134. The van der Waals surface area contributed by atoms with E-state index >= 15 is 0 Å². The van der Waals surface area contributed by atoms with Gasteiger partial charge in [-0.25, -0.2) is 0 Å². The number of nitrogens with zero attached hydrogens (tertiary/aromatic N) is 2. The lowest BCUT2D eigenvalue weighted by molar-refractivity contribution is -0.911. The van der Waals surface area contributed by atoms with Crippen molar-refractivity contribution in [2.45, 2.75) is 98.3 Å². The lowest BCUT2D eigenvalue weighted by Crippen LogP contribution is -2.58. The summed E-state index contributed by atoms with van der Waals surface area (Å²) in [7, 11) is 3.85. The molecule has 6 heterocycles. The Morgan fingerprint density at radius 1 is 0.773 bits per heavy atom. The molecule has 0 N–H and O–H groups in total. The van der Waals surface area contributed by atoms with Crippen molar-refractivity contribution in [1.82, 2.24) is 4.90 Å². The summed E-state index contributed by atoms with van der Waals surface area (Å²) in [5, 5.41) is 13.1. The Bertz CT molecular complexity index is 1350. The van der Waals surface area contributed by atoms with Crippen molar-refractivity contribution in [3.8, 4) is 0 Å². The van der Waals surface area contributed by atoms with Gasteiger partial charge in [0.15, 0.2) is 0 Å². The van der Waals surface area contributed by atoms with Crippen LogP contribution in [0.15, 0.2) is 60.7 Å². The lowest BCUT2D eigenvalue weighted by atomic mass is 9.96. The minimum absolute atomic E-state index is 0.0159. The number of carbonyl (C=O) groups excluding carboxylic acids is 2. The van der Waals surface area contributed by atoms with Crippen LogP contribution in [0.1, 0.15) is 48.6 Å². The van der Waals surface area contributed by atoms with Gasteiger partial charge in [-0.3, -0.25) is 14.5 Å². The van der Waals surface area contributed by atoms with Gasteiger partial charge in [0.25, 0.3) is 0 Å². The molecule has 0 amide bonds. The molecular weight excluding hydrogens is 564 g/mol. The molecule has 6 aliphatic heterocycles. The molecule has 0 aliphatic carbocycles. The van der Waals surface area contributed by atoms with E-state index in [9.17, 15) is 14.8 Å². The molecule has 6 saturated heterocycles. The Kier molecular flexibility index (Phi) is 7.08. The zero-order valence-corrected chi connectivity index (χ0v) is 25.1. The first-order valence-electron chi connectivity index (χ1n) is 16.0. The molecule has 8 rings (SSSR count). The van der Waals surface area contributed by atoms with Gasteiger partial charge in [0.1, 0.15) is 60.5 Å². The number of epoxide rings is 2. The van der Waals surface area contributed by atoms with Gasteiger partial charge in [0.05, 0.1) is 20.3 Å². The highest BCUT2D eigenvalue weighted by molar-refractivity contribution is 5.79. The van der Waals surface area contributed by atoms with Crippen molar-refractivity contribution in [3.63, 3.8) is 0 Å². The maximum Gasteiger partial charge on any atom is 0.316 e. The summed E-state index contributed by atoms with van der Waals surface area (Å²) < 4.78 is 29.6. The average Bonchev–Trinajstić information content (AvgIpc) is 3.92. The number of hydroxylamine groups is 3. The number of likely N-dealkylation sites (N-methyl/N-ethyl adjacent to an activating group) is 2. The van der Waals surface area contributed by atoms with Gasteiger partial charge in [-0.15, -0.1) is 0 Å². The van der Waals surface area contributed by atoms with Gasteiger partial charge in [-0.1, -0.05) is 60.7 Å². The van der Waals surface area contributed by atoms with E-state index < -0.39 is 11.8 Å². The van der Waals surface area contributed by atoms with E-state index in [1.807, 2.05) is 60.7 Å². The molecule has 0 aromatic heterocycles. The van der Waals surface area contributed by atoms with Crippen molar-refractivity contribution in [3.05, 3.63) is 77.0 Å². The number of carbonyl (C=O) groups is 2. The summed E-state index contributed by atoms with van der Waals surface area (Å²) >= 11 is 0. The predicted molar refractivity (Wildman–Crippen MR) is 157 cm³/mol. The molecule has 44 heavy (non-hydrogen) atoms. The number of benzene rings is 2. The zero-order valence-electron chi connectivity index (χ0n) is 25.1. The van der Waals surface area contributed by atoms with Gasteiger partial charge in [0.2, 0.25) is 0 Å². The Labute approximate surface area is 257 Å². The largest absolute Gasteiger partial charge is 0.632 e. The molecule has 3 unspecified atom stereocenters. The summed E-state index contributed by atoms with van der Waals surface area (Å²) in [6, 6.07) is 19.2. The quantitative estimate of drug-likeness (QED) is 0.175. The van der Waals surface area contributed by atoms with E-state index in [0.717, 1.165) is 24.0 Å². The minimum atomic E-state index is -0.668. The van der Waals surface area contributed by atoms with Crippen LogP contribution in [0.3, 0.4) is 0 Å². The Morgan fingerprint density at radius 2 is 1.20 bits per heavy atom. The summed E-state index contributed by atoms with van der Waals surface area (Å²) in [5.41, 5.74) is 1.60. The van der Waals surface area contributed by atoms with Crippen LogP contribution >= 0.6 is 0 Å². The Morgan fingerprint density at radius 3 is 1.68 bits per heavy atom. The van der Waals surface area contributed by atoms with Gasteiger partial charge < -0.3 is 33.5 Å². The zero-order chi connectivity index (χ0) is 30.2. The van der Waals surface area contributed by atoms with Crippen LogP contribution in [0.2, 0.25) is 0 Å². The SMILES string of the molecule is CN1[C@@H]2CC(OC(=O)[C@H](COC[C@@H](C(=O)OC3C[C@@H]4[C@H]5O[C@H]5[C@H](C3)[N+]4(C)[O-])c3ccccc3)c3ccccc3)C[C@H]1[C@@H]1O[C@@H]12. The van der Waals surface area contributed by atoms with Crippen molar-refractivity contribution >= 4 is 11.9 Å². The topological polar surface area (TPSA) is 113 Å². The highest BCUT2D eigenvalue weighted by Gasteiger charge is 2.69. The fourth-order valence-corrected chi connectivity index (χ4v) is 8.57. The molecule has 4 bridgehead atoms. The van der Waals surface area contributed by atoms with E-state index in [4.69, 9.17) is 23.7 Å². The van der Waals surface area contributed by atoms with Gasteiger partial charge in [0, 0.05) is 37.8 Å². The van der Waals surface area contributed by atoms with Crippen LogP contribution in [0.25, 0.3) is 0 Å². The number of fused-ring (bicyclic) bond motifs is 10. The third kappa shape index (κ3) is 4.96. The second kappa shape index (κ2) is 10.9. The maximum atomic E-state index is 13.6. The predicted octanol–water partition coefficient (Wildman–Crippen LogP) is 2.89. The number of ether oxygens (including phenoxy) is 5. The number of quaternary nitrogens is 1. The maximum absolute atomic E-state index is 13.6. The molecule has 6 fully saturated rings. The molecule has 13 atom stereocenters. The molecule has 234 valence electrons.